The summed E-state index contributed by atoms with van der Waals surface area (Å²) >= 11 is 2.60. The quantitative estimate of drug-likeness (QED) is 0.574. The zero-order valence-electron chi connectivity index (χ0n) is 13.2. The number of fused-ring (bicyclic) bond motifs is 4. The van der Waals surface area contributed by atoms with Gasteiger partial charge in [0.05, 0.1) is 6.10 Å². The van der Waals surface area contributed by atoms with E-state index in [1.807, 2.05) is 0 Å². The predicted octanol–water partition coefficient (Wildman–Crippen LogP) is 4.93. The molecule has 0 aliphatic heterocycles. The van der Waals surface area contributed by atoms with E-state index < -0.39 is 0 Å². The number of allylic oxidation sites excluding steroid dienone is 2. The fraction of sp³-hybridized carbons (Fsp3) is 0.895. The first-order valence-corrected chi connectivity index (χ1v) is 10.1. The van der Waals surface area contributed by atoms with E-state index in [-0.39, 0.29) is 6.10 Å². The summed E-state index contributed by atoms with van der Waals surface area (Å²) < 4.78 is 1.61. The maximum Gasteiger partial charge on any atom is 0.0607 e. The number of hydrogen-bond donors (Lipinski definition) is 1. The summed E-state index contributed by atoms with van der Waals surface area (Å²) in [5.74, 6) is 3.35. The molecule has 0 aromatic heterocycles. The molecule has 8 atom stereocenters. The summed E-state index contributed by atoms with van der Waals surface area (Å²) in [5.41, 5.74) is 1.24. The monoisotopic (exact) mass is 398 g/mol. The molecule has 2 heteroatoms. The lowest BCUT2D eigenvalue weighted by Gasteiger charge is -2.59. The van der Waals surface area contributed by atoms with E-state index in [0.717, 1.165) is 30.1 Å². The predicted molar refractivity (Wildman–Crippen MR) is 93.0 cm³/mol. The molecule has 0 aromatic rings. The minimum Gasteiger partial charge on any atom is -0.393 e. The summed E-state index contributed by atoms with van der Waals surface area (Å²) in [6, 6.07) is 0. The standard InChI is InChI=1S/C19H27IO/c1-17-7-6-14-12(13(17)3-4-15(17)20)9-16(21)19-10-11(19)5-8-18(14,19)2/h4,11-14,16,21H,3,5-10H2,1-2H3/t11?,12?,13?,14?,16?,17-,18+,19?/m0/s1. The third-order valence-electron chi connectivity index (χ3n) is 9.06. The lowest BCUT2D eigenvalue weighted by Crippen LogP contribution is -2.56. The van der Waals surface area contributed by atoms with E-state index in [2.05, 4.69) is 42.5 Å². The molecular weight excluding hydrogens is 371 g/mol. The number of aliphatic hydroxyl groups is 1. The Morgan fingerprint density at radius 2 is 2.00 bits per heavy atom. The van der Waals surface area contributed by atoms with Crippen molar-refractivity contribution >= 4 is 22.6 Å². The molecule has 5 aliphatic rings. The van der Waals surface area contributed by atoms with Gasteiger partial charge in [0.15, 0.2) is 0 Å². The van der Waals surface area contributed by atoms with Crippen LogP contribution < -0.4 is 0 Å². The van der Waals surface area contributed by atoms with Crippen LogP contribution in [0.4, 0.5) is 0 Å². The molecule has 4 fully saturated rings. The largest absolute Gasteiger partial charge is 0.393 e. The van der Waals surface area contributed by atoms with Gasteiger partial charge in [0.25, 0.3) is 0 Å². The highest BCUT2D eigenvalue weighted by Crippen LogP contribution is 2.81. The molecule has 6 unspecified atom stereocenters. The average Bonchev–Trinajstić information content (AvgIpc) is 3.01. The topological polar surface area (TPSA) is 20.2 Å². The van der Waals surface area contributed by atoms with E-state index >= 15 is 0 Å². The number of aliphatic hydroxyl groups excluding tert-OH is 1. The van der Waals surface area contributed by atoms with E-state index in [0.29, 0.717) is 16.2 Å². The van der Waals surface area contributed by atoms with Gasteiger partial charge in [0.1, 0.15) is 0 Å². The van der Waals surface area contributed by atoms with Crippen LogP contribution in [0, 0.1) is 39.9 Å². The second-order valence-electron chi connectivity index (χ2n) is 9.27. The lowest BCUT2D eigenvalue weighted by molar-refractivity contribution is -0.141. The molecular formula is C19H27IO. The second-order valence-corrected chi connectivity index (χ2v) is 10.4. The first-order chi connectivity index (χ1) is 9.93. The molecule has 1 spiro atoms. The normalized spacial score (nSPS) is 64.2. The van der Waals surface area contributed by atoms with Crippen LogP contribution in [0.2, 0.25) is 0 Å². The van der Waals surface area contributed by atoms with Crippen molar-refractivity contribution in [3.8, 4) is 0 Å². The molecule has 0 aromatic carbocycles. The van der Waals surface area contributed by atoms with Gasteiger partial charge in [0, 0.05) is 10.8 Å². The average molecular weight is 398 g/mol. The van der Waals surface area contributed by atoms with Crippen LogP contribution in [0.15, 0.2) is 9.66 Å². The third-order valence-corrected chi connectivity index (χ3v) is 10.7. The van der Waals surface area contributed by atoms with Gasteiger partial charge in [-0.2, -0.15) is 0 Å². The molecule has 0 amide bonds. The highest BCUT2D eigenvalue weighted by Gasteiger charge is 2.76. The Morgan fingerprint density at radius 1 is 1.19 bits per heavy atom. The zero-order valence-corrected chi connectivity index (χ0v) is 15.4. The van der Waals surface area contributed by atoms with Gasteiger partial charge in [-0.1, -0.05) is 19.9 Å². The highest BCUT2D eigenvalue weighted by atomic mass is 127. The minimum atomic E-state index is -0.00291. The van der Waals surface area contributed by atoms with Crippen molar-refractivity contribution in [1.82, 2.24) is 0 Å². The SMILES string of the molecule is C[C@]12CCC3C(CC(O)C45CC4CC[C@]35C)C1CC=C2I. The van der Waals surface area contributed by atoms with Crippen LogP contribution >= 0.6 is 22.6 Å². The first-order valence-electron chi connectivity index (χ1n) is 8.98. The molecule has 0 radical (unpaired) electrons. The fourth-order valence-electron chi connectivity index (χ4n) is 7.82. The van der Waals surface area contributed by atoms with Gasteiger partial charge in [0.2, 0.25) is 0 Å². The molecule has 5 aliphatic carbocycles. The van der Waals surface area contributed by atoms with Crippen LogP contribution in [0.5, 0.6) is 0 Å². The molecule has 0 saturated heterocycles. The van der Waals surface area contributed by atoms with Crippen LogP contribution in [-0.4, -0.2) is 11.2 Å². The molecule has 1 N–H and O–H groups in total. The lowest BCUT2D eigenvalue weighted by atomic mass is 9.46. The number of rotatable bonds is 0. The molecule has 0 heterocycles. The van der Waals surface area contributed by atoms with Crippen LogP contribution in [0.3, 0.4) is 0 Å². The first kappa shape index (κ1) is 13.8. The number of hydrogen-bond acceptors (Lipinski definition) is 1. The van der Waals surface area contributed by atoms with Crippen LogP contribution in [-0.2, 0) is 0 Å². The fourth-order valence-corrected chi connectivity index (χ4v) is 8.75. The van der Waals surface area contributed by atoms with Crippen molar-refractivity contribution in [1.29, 1.82) is 0 Å². The highest BCUT2D eigenvalue weighted by molar-refractivity contribution is 14.1. The summed E-state index contributed by atoms with van der Waals surface area (Å²) in [5, 5.41) is 11.0. The Morgan fingerprint density at radius 3 is 2.76 bits per heavy atom. The summed E-state index contributed by atoms with van der Waals surface area (Å²) in [6.45, 7) is 5.07. The smallest absolute Gasteiger partial charge is 0.0607 e. The van der Waals surface area contributed by atoms with Crippen molar-refractivity contribution in [2.45, 2.75) is 64.9 Å². The van der Waals surface area contributed by atoms with Crippen molar-refractivity contribution < 1.29 is 5.11 Å². The van der Waals surface area contributed by atoms with E-state index in [1.54, 1.807) is 3.58 Å². The molecule has 4 saturated carbocycles. The van der Waals surface area contributed by atoms with Gasteiger partial charge < -0.3 is 5.11 Å². The minimum absolute atomic E-state index is 0.00291. The maximum atomic E-state index is 11.0. The molecule has 0 bridgehead atoms. The Labute approximate surface area is 142 Å². The molecule has 5 rings (SSSR count). The Kier molecular flexibility index (Phi) is 2.57. The molecule has 1 nitrogen and oxygen atoms in total. The van der Waals surface area contributed by atoms with Crippen LogP contribution in [0.1, 0.15) is 58.8 Å². The van der Waals surface area contributed by atoms with E-state index in [9.17, 15) is 5.11 Å². The van der Waals surface area contributed by atoms with Crippen molar-refractivity contribution in [2.75, 3.05) is 0 Å². The maximum absolute atomic E-state index is 11.0. The summed E-state index contributed by atoms with van der Waals surface area (Å²) in [6.07, 6.45) is 11.8. The van der Waals surface area contributed by atoms with E-state index in [4.69, 9.17) is 0 Å². The van der Waals surface area contributed by atoms with Gasteiger partial charge in [-0.25, -0.2) is 0 Å². The molecule has 21 heavy (non-hydrogen) atoms. The Balaban J connectivity index is 1.56. The summed E-state index contributed by atoms with van der Waals surface area (Å²) in [4.78, 5) is 0. The molecule has 116 valence electrons. The summed E-state index contributed by atoms with van der Waals surface area (Å²) in [7, 11) is 0. The van der Waals surface area contributed by atoms with Gasteiger partial charge >= 0.3 is 0 Å². The van der Waals surface area contributed by atoms with Gasteiger partial charge in [-0.3, -0.25) is 0 Å². The third kappa shape index (κ3) is 1.36. The van der Waals surface area contributed by atoms with Crippen molar-refractivity contribution in [2.24, 2.45) is 39.9 Å². The van der Waals surface area contributed by atoms with E-state index in [1.165, 1.54) is 38.5 Å². The Hall–Kier alpha value is 0.430. The van der Waals surface area contributed by atoms with Crippen molar-refractivity contribution in [3.63, 3.8) is 0 Å². The zero-order chi connectivity index (χ0) is 14.6. The van der Waals surface area contributed by atoms with Crippen LogP contribution in [0.25, 0.3) is 0 Å². The Bertz CT molecular complexity index is 542. The van der Waals surface area contributed by atoms with Gasteiger partial charge in [-0.15, -0.1) is 0 Å². The second kappa shape index (κ2) is 3.91. The number of halogens is 1. The van der Waals surface area contributed by atoms with Crippen molar-refractivity contribution in [3.05, 3.63) is 9.66 Å². The van der Waals surface area contributed by atoms with Gasteiger partial charge in [-0.05, 0) is 100 Å².